The Morgan fingerprint density at radius 3 is 2.43 bits per heavy atom. The Bertz CT molecular complexity index is 676. The van der Waals surface area contributed by atoms with Crippen LogP contribution in [0, 0.1) is 12.8 Å². The molecule has 1 aromatic carbocycles. The molecule has 0 fully saturated rings. The highest BCUT2D eigenvalue weighted by molar-refractivity contribution is 7.12. The van der Waals surface area contributed by atoms with Gasteiger partial charge >= 0.3 is 0 Å². The van der Waals surface area contributed by atoms with Gasteiger partial charge in [-0.1, -0.05) is 19.9 Å². The minimum atomic E-state index is -0.114. The molecule has 4 nitrogen and oxygen atoms in total. The number of aryl methyl sites for hydroxylation is 1. The molecule has 0 aliphatic carbocycles. The first-order valence-corrected chi connectivity index (χ1v) is 8.69. The van der Waals surface area contributed by atoms with Gasteiger partial charge in [0.15, 0.2) is 0 Å². The normalized spacial score (nSPS) is 10.6. The lowest BCUT2D eigenvalue weighted by Crippen LogP contribution is -2.21. The summed E-state index contributed by atoms with van der Waals surface area (Å²) >= 11 is 1.41. The molecule has 0 saturated heterocycles. The third kappa shape index (κ3) is 4.42. The summed E-state index contributed by atoms with van der Waals surface area (Å²) in [6.07, 6.45) is 1.66. The van der Waals surface area contributed by atoms with Crippen LogP contribution >= 0.6 is 11.3 Å². The van der Waals surface area contributed by atoms with Gasteiger partial charge < -0.3 is 10.6 Å². The molecule has 23 heavy (non-hydrogen) atoms. The molecule has 0 bridgehead atoms. The van der Waals surface area contributed by atoms with E-state index in [0.717, 1.165) is 29.8 Å². The largest absolute Gasteiger partial charge is 0.326 e. The Labute approximate surface area is 140 Å². The van der Waals surface area contributed by atoms with Gasteiger partial charge in [0.05, 0.1) is 4.88 Å². The van der Waals surface area contributed by atoms with Gasteiger partial charge in [-0.3, -0.25) is 9.59 Å². The molecule has 0 saturated carbocycles. The molecule has 0 unspecified atom stereocenters. The lowest BCUT2D eigenvalue weighted by molar-refractivity contribution is -0.120. The maximum Gasteiger partial charge on any atom is 0.265 e. The zero-order chi connectivity index (χ0) is 16.8. The minimum Gasteiger partial charge on any atom is -0.326 e. The van der Waals surface area contributed by atoms with Crippen molar-refractivity contribution in [3.63, 3.8) is 0 Å². The predicted octanol–water partition coefficient (Wildman–Crippen LogP) is 4.68. The SMILES string of the molecule is CCC(CC)C(=O)Nc1ccc(NC(=O)c2cccs2)c(C)c1. The summed E-state index contributed by atoms with van der Waals surface area (Å²) in [5.74, 6) is -0.0322. The fourth-order valence-electron chi connectivity index (χ4n) is 2.38. The summed E-state index contributed by atoms with van der Waals surface area (Å²) in [6.45, 7) is 5.95. The van der Waals surface area contributed by atoms with E-state index in [9.17, 15) is 9.59 Å². The van der Waals surface area contributed by atoms with Crippen LogP contribution in [0.5, 0.6) is 0 Å². The van der Waals surface area contributed by atoms with Crippen molar-refractivity contribution in [2.24, 2.45) is 5.92 Å². The van der Waals surface area contributed by atoms with Gasteiger partial charge in [-0.15, -0.1) is 11.3 Å². The second-order valence-corrected chi connectivity index (χ2v) is 6.41. The molecule has 2 rings (SSSR count). The first kappa shape index (κ1) is 17.2. The van der Waals surface area contributed by atoms with Gasteiger partial charge in [0, 0.05) is 17.3 Å². The number of anilines is 2. The molecule has 0 aliphatic rings. The molecular weight excluding hydrogens is 308 g/mol. The fourth-order valence-corrected chi connectivity index (χ4v) is 3.00. The van der Waals surface area contributed by atoms with Crippen molar-refractivity contribution >= 4 is 34.5 Å². The van der Waals surface area contributed by atoms with E-state index in [0.29, 0.717) is 4.88 Å². The quantitative estimate of drug-likeness (QED) is 0.807. The second kappa shape index (κ2) is 7.92. The van der Waals surface area contributed by atoms with Crippen molar-refractivity contribution in [1.82, 2.24) is 0 Å². The predicted molar refractivity (Wildman–Crippen MR) is 96.2 cm³/mol. The number of thiophene rings is 1. The van der Waals surface area contributed by atoms with Crippen LogP contribution in [0.15, 0.2) is 35.7 Å². The van der Waals surface area contributed by atoms with Crippen LogP contribution in [0.3, 0.4) is 0 Å². The van der Waals surface area contributed by atoms with Gasteiger partial charge in [-0.25, -0.2) is 0 Å². The molecule has 1 aromatic heterocycles. The van der Waals surface area contributed by atoms with Gasteiger partial charge in [0.2, 0.25) is 5.91 Å². The molecule has 0 radical (unpaired) electrons. The molecule has 5 heteroatoms. The first-order chi connectivity index (χ1) is 11.0. The van der Waals surface area contributed by atoms with Crippen molar-refractivity contribution in [3.05, 3.63) is 46.2 Å². The van der Waals surface area contributed by atoms with E-state index in [-0.39, 0.29) is 17.7 Å². The molecule has 122 valence electrons. The lowest BCUT2D eigenvalue weighted by atomic mass is 10.0. The maximum atomic E-state index is 12.1. The molecule has 0 atom stereocenters. The number of rotatable bonds is 6. The number of benzene rings is 1. The summed E-state index contributed by atoms with van der Waals surface area (Å²) in [5, 5.41) is 7.71. The third-order valence-corrected chi connectivity index (χ3v) is 4.71. The van der Waals surface area contributed by atoms with Gasteiger partial charge in [-0.05, 0) is 55.0 Å². The summed E-state index contributed by atoms with van der Waals surface area (Å²) in [7, 11) is 0. The Kier molecular flexibility index (Phi) is 5.93. The second-order valence-electron chi connectivity index (χ2n) is 5.46. The number of hydrogen-bond acceptors (Lipinski definition) is 3. The maximum absolute atomic E-state index is 12.1. The van der Waals surface area contributed by atoms with E-state index in [4.69, 9.17) is 0 Å². The molecule has 2 N–H and O–H groups in total. The summed E-state index contributed by atoms with van der Waals surface area (Å²) < 4.78 is 0. The van der Waals surface area contributed by atoms with Crippen LogP contribution in [0.1, 0.15) is 41.9 Å². The average molecular weight is 330 g/mol. The monoisotopic (exact) mass is 330 g/mol. The van der Waals surface area contributed by atoms with Crippen LogP contribution < -0.4 is 10.6 Å². The Hall–Kier alpha value is -2.14. The van der Waals surface area contributed by atoms with E-state index in [1.165, 1.54) is 11.3 Å². The van der Waals surface area contributed by atoms with Crippen LogP contribution in [-0.2, 0) is 4.79 Å². The summed E-state index contributed by atoms with van der Waals surface area (Å²) in [6, 6.07) is 9.16. The van der Waals surface area contributed by atoms with E-state index < -0.39 is 0 Å². The van der Waals surface area contributed by atoms with E-state index in [1.54, 1.807) is 6.07 Å². The number of hydrogen-bond donors (Lipinski definition) is 2. The Morgan fingerprint density at radius 2 is 1.87 bits per heavy atom. The van der Waals surface area contributed by atoms with E-state index in [1.807, 2.05) is 50.4 Å². The van der Waals surface area contributed by atoms with Crippen molar-refractivity contribution in [1.29, 1.82) is 0 Å². The van der Waals surface area contributed by atoms with Crippen molar-refractivity contribution in [2.45, 2.75) is 33.6 Å². The Morgan fingerprint density at radius 1 is 1.13 bits per heavy atom. The highest BCUT2D eigenvalue weighted by Crippen LogP contribution is 2.22. The third-order valence-electron chi connectivity index (χ3n) is 3.84. The summed E-state index contributed by atoms with van der Waals surface area (Å²) in [4.78, 5) is 24.9. The number of amides is 2. The number of carbonyl (C=O) groups is 2. The van der Waals surface area contributed by atoms with Crippen LogP contribution in [0.25, 0.3) is 0 Å². The molecule has 1 heterocycles. The Balaban J connectivity index is 2.06. The van der Waals surface area contributed by atoms with Crippen molar-refractivity contribution in [2.75, 3.05) is 10.6 Å². The van der Waals surface area contributed by atoms with E-state index >= 15 is 0 Å². The van der Waals surface area contributed by atoms with Gasteiger partial charge in [0.25, 0.3) is 5.91 Å². The smallest absolute Gasteiger partial charge is 0.265 e. The van der Waals surface area contributed by atoms with Gasteiger partial charge in [0.1, 0.15) is 0 Å². The fraction of sp³-hybridized carbons (Fsp3) is 0.333. The van der Waals surface area contributed by atoms with Crippen LogP contribution in [0.4, 0.5) is 11.4 Å². The lowest BCUT2D eigenvalue weighted by Gasteiger charge is -2.14. The number of nitrogens with one attached hydrogen (secondary N) is 2. The summed E-state index contributed by atoms with van der Waals surface area (Å²) in [5.41, 5.74) is 2.43. The first-order valence-electron chi connectivity index (χ1n) is 7.81. The van der Waals surface area contributed by atoms with Crippen molar-refractivity contribution in [3.8, 4) is 0 Å². The molecule has 2 amide bonds. The van der Waals surface area contributed by atoms with Crippen LogP contribution in [-0.4, -0.2) is 11.8 Å². The minimum absolute atomic E-state index is 0.0357. The zero-order valence-electron chi connectivity index (χ0n) is 13.7. The topological polar surface area (TPSA) is 58.2 Å². The zero-order valence-corrected chi connectivity index (χ0v) is 14.5. The van der Waals surface area contributed by atoms with Gasteiger partial charge in [-0.2, -0.15) is 0 Å². The van der Waals surface area contributed by atoms with Crippen molar-refractivity contribution < 1.29 is 9.59 Å². The number of carbonyl (C=O) groups excluding carboxylic acids is 2. The molecule has 0 aliphatic heterocycles. The molecule has 2 aromatic rings. The standard InChI is InChI=1S/C18H22N2O2S/c1-4-13(5-2)17(21)19-14-8-9-15(12(3)11-14)20-18(22)16-7-6-10-23-16/h6-11,13H,4-5H2,1-3H3,(H,19,21)(H,20,22). The highest BCUT2D eigenvalue weighted by atomic mass is 32.1. The van der Waals surface area contributed by atoms with E-state index in [2.05, 4.69) is 10.6 Å². The molecule has 0 spiro atoms. The molecular formula is C18H22N2O2S. The average Bonchev–Trinajstić information content (AvgIpc) is 3.05. The highest BCUT2D eigenvalue weighted by Gasteiger charge is 2.15. The van der Waals surface area contributed by atoms with Crippen LogP contribution in [0.2, 0.25) is 0 Å².